The number of benzene rings is 1. The molecule has 0 aliphatic carbocycles. The van der Waals surface area contributed by atoms with Crippen LogP contribution in [0, 0.1) is 5.92 Å². The zero-order chi connectivity index (χ0) is 12.8. The van der Waals surface area contributed by atoms with Crippen LogP contribution in [0.2, 0.25) is 0 Å². The van der Waals surface area contributed by atoms with Crippen molar-refractivity contribution in [1.29, 1.82) is 0 Å². The molecule has 102 valence electrons. The fraction of sp³-hybridized carbons (Fsp3) is 0.500. The summed E-state index contributed by atoms with van der Waals surface area (Å²) in [5.41, 5.74) is 6.82. The van der Waals surface area contributed by atoms with Gasteiger partial charge in [-0.2, -0.15) is 0 Å². The number of hydrogen-bond acceptors (Lipinski definition) is 2. The third kappa shape index (κ3) is 5.52. The monoisotopic (exact) mass is 270 g/mol. The van der Waals surface area contributed by atoms with Gasteiger partial charge in [0, 0.05) is 13.1 Å². The molecule has 0 heterocycles. The summed E-state index contributed by atoms with van der Waals surface area (Å²) in [4.78, 5) is 13.8. The van der Waals surface area contributed by atoms with Crippen molar-refractivity contribution in [3.05, 3.63) is 35.9 Å². The Balaban J connectivity index is 0.00000289. The smallest absolute Gasteiger partial charge is 0.239 e. The van der Waals surface area contributed by atoms with Crippen molar-refractivity contribution in [2.24, 2.45) is 11.7 Å². The van der Waals surface area contributed by atoms with Gasteiger partial charge in [0.1, 0.15) is 0 Å². The molecule has 0 fully saturated rings. The molecule has 0 unspecified atom stereocenters. The first-order chi connectivity index (χ1) is 8.00. The molecule has 0 spiro atoms. The number of carbonyl (C=O) groups excluding carboxylic acids is 1. The highest BCUT2D eigenvalue weighted by atomic mass is 35.5. The van der Waals surface area contributed by atoms with Crippen molar-refractivity contribution in [3.8, 4) is 0 Å². The van der Waals surface area contributed by atoms with Crippen LogP contribution in [0.3, 0.4) is 0 Å². The second-order valence-corrected chi connectivity index (χ2v) is 4.89. The molecule has 0 bridgehead atoms. The second-order valence-electron chi connectivity index (χ2n) is 4.89. The maximum Gasteiger partial charge on any atom is 0.239 e. The third-order valence-corrected chi connectivity index (χ3v) is 2.50. The Morgan fingerprint density at radius 3 is 2.22 bits per heavy atom. The molecule has 4 heteroatoms. The lowest BCUT2D eigenvalue weighted by atomic mass is 10.1. The molecule has 2 N–H and O–H groups in total. The minimum Gasteiger partial charge on any atom is -0.337 e. The van der Waals surface area contributed by atoms with Crippen LogP contribution in [0.5, 0.6) is 0 Å². The van der Waals surface area contributed by atoms with Gasteiger partial charge >= 0.3 is 0 Å². The molecule has 1 aromatic carbocycles. The quantitative estimate of drug-likeness (QED) is 0.893. The van der Waals surface area contributed by atoms with Gasteiger partial charge in [-0.05, 0) is 18.4 Å². The Bertz CT molecular complexity index is 352. The summed E-state index contributed by atoms with van der Waals surface area (Å²) < 4.78 is 0. The Hall–Kier alpha value is -1.06. The van der Waals surface area contributed by atoms with E-state index in [2.05, 4.69) is 13.8 Å². The largest absolute Gasteiger partial charge is 0.337 e. The van der Waals surface area contributed by atoms with Gasteiger partial charge in [-0.1, -0.05) is 44.2 Å². The standard InChI is InChI=1S/C14H22N2O.ClH/c1-11(2)9-16(14(17)12(3)15)10-13-7-5-4-6-8-13;/h4-8,11-12H,9-10,15H2,1-3H3;1H/t12-;/m1./s1. The molecular formula is C14H23ClN2O. The maximum absolute atomic E-state index is 12.0. The first-order valence-corrected chi connectivity index (χ1v) is 6.09. The van der Waals surface area contributed by atoms with E-state index in [9.17, 15) is 4.79 Å². The van der Waals surface area contributed by atoms with E-state index < -0.39 is 6.04 Å². The van der Waals surface area contributed by atoms with Gasteiger partial charge in [-0.15, -0.1) is 12.4 Å². The second kappa shape index (κ2) is 8.11. The Labute approximate surface area is 116 Å². The summed E-state index contributed by atoms with van der Waals surface area (Å²) in [6, 6.07) is 9.57. The number of halogens is 1. The molecule has 0 saturated carbocycles. The van der Waals surface area contributed by atoms with Gasteiger partial charge in [0.25, 0.3) is 0 Å². The predicted molar refractivity (Wildman–Crippen MR) is 77.6 cm³/mol. The van der Waals surface area contributed by atoms with Crippen LogP contribution in [-0.2, 0) is 11.3 Å². The lowest BCUT2D eigenvalue weighted by Gasteiger charge is -2.26. The fourth-order valence-corrected chi connectivity index (χ4v) is 1.77. The van der Waals surface area contributed by atoms with Gasteiger partial charge in [0.2, 0.25) is 5.91 Å². The number of carbonyl (C=O) groups is 1. The van der Waals surface area contributed by atoms with E-state index in [4.69, 9.17) is 5.73 Å². The molecule has 1 atom stereocenters. The van der Waals surface area contributed by atoms with Gasteiger partial charge in [-0.3, -0.25) is 4.79 Å². The minimum atomic E-state index is -0.433. The van der Waals surface area contributed by atoms with Gasteiger partial charge < -0.3 is 10.6 Å². The van der Waals surface area contributed by atoms with Crippen molar-refractivity contribution < 1.29 is 4.79 Å². The molecule has 1 aromatic rings. The van der Waals surface area contributed by atoms with Crippen molar-refractivity contribution in [2.45, 2.75) is 33.4 Å². The zero-order valence-corrected chi connectivity index (χ0v) is 12.1. The molecule has 0 radical (unpaired) electrons. The average molecular weight is 271 g/mol. The molecule has 1 amide bonds. The van der Waals surface area contributed by atoms with Gasteiger partial charge in [0.05, 0.1) is 6.04 Å². The number of nitrogens with zero attached hydrogens (tertiary/aromatic N) is 1. The van der Waals surface area contributed by atoms with Crippen LogP contribution >= 0.6 is 12.4 Å². The molecule has 18 heavy (non-hydrogen) atoms. The molecule has 0 aliphatic heterocycles. The summed E-state index contributed by atoms with van der Waals surface area (Å²) in [5.74, 6) is 0.462. The fourth-order valence-electron chi connectivity index (χ4n) is 1.77. The van der Waals surface area contributed by atoms with Crippen LogP contribution in [0.1, 0.15) is 26.3 Å². The summed E-state index contributed by atoms with van der Waals surface area (Å²) >= 11 is 0. The predicted octanol–water partition coefficient (Wildman–Crippen LogP) is 2.44. The normalized spacial score (nSPS) is 11.8. The van der Waals surface area contributed by atoms with E-state index >= 15 is 0 Å². The highest BCUT2D eigenvalue weighted by Crippen LogP contribution is 2.08. The van der Waals surface area contributed by atoms with Crippen molar-refractivity contribution in [1.82, 2.24) is 4.90 Å². The molecule has 0 aromatic heterocycles. The molecule has 0 aliphatic rings. The maximum atomic E-state index is 12.0. The lowest BCUT2D eigenvalue weighted by molar-refractivity contribution is -0.133. The van der Waals surface area contributed by atoms with E-state index in [-0.39, 0.29) is 18.3 Å². The molecule has 3 nitrogen and oxygen atoms in total. The SMILES string of the molecule is CC(C)CN(Cc1ccccc1)C(=O)[C@@H](C)N.Cl. The number of rotatable bonds is 5. The Morgan fingerprint density at radius 1 is 1.22 bits per heavy atom. The molecule has 0 saturated heterocycles. The van der Waals surface area contributed by atoms with Crippen LogP contribution in [-0.4, -0.2) is 23.4 Å². The summed E-state index contributed by atoms with van der Waals surface area (Å²) in [7, 11) is 0. The molecular weight excluding hydrogens is 248 g/mol. The van der Waals surface area contributed by atoms with E-state index in [1.54, 1.807) is 6.92 Å². The summed E-state index contributed by atoms with van der Waals surface area (Å²) in [5, 5.41) is 0. The summed E-state index contributed by atoms with van der Waals surface area (Å²) in [6.45, 7) is 7.33. The number of nitrogens with two attached hydrogens (primary N) is 1. The zero-order valence-electron chi connectivity index (χ0n) is 11.3. The summed E-state index contributed by atoms with van der Waals surface area (Å²) in [6.07, 6.45) is 0. The Morgan fingerprint density at radius 2 is 1.78 bits per heavy atom. The first-order valence-electron chi connectivity index (χ1n) is 6.09. The van der Waals surface area contributed by atoms with Crippen molar-refractivity contribution >= 4 is 18.3 Å². The van der Waals surface area contributed by atoms with E-state index in [1.807, 2.05) is 35.2 Å². The topological polar surface area (TPSA) is 46.3 Å². The van der Waals surface area contributed by atoms with Crippen molar-refractivity contribution in [3.63, 3.8) is 0 Å². The van der Waals surface area contributed by atoms with Gasteiger partial charge in [-0.25, -0.2) is 0 Å². The van der Waals surface area contributed by atoms with E-state index in [0.29, 0.717) is 12.5 Å². The number of amides is 1. The van der Waals surface area contributed by atoms with Crippen LogP contribution in [0.4, 0.5) is 0 Å². The lowest BCUT2D eigenvalue weighted by Crippen LogP contribution is -2.43. The van der Waals surface area contributed by atoms with E-state index in [0.717, 1.165) is 12.1 Å². The van der Waals surface area contributed by atoms with Crippen LogP contribution in [0.25, 0.3) is 0 Å². The van der Waals surface area contributed by atoms with Gasteiger partial charge in [0.15, 0.2) is 0 Å². The van der Waals surface area contributed by atoms with Crippen LogP contribution in [0.15, 0.2) is 30.3 Å². The molecule has 1 rings (SSSR count). The average Bonchev–Trinajstić information content (AvgIpc) is 2.28. The van der Waals surface area contributed by atoms with Crippen LogP contribution < -0.4 is 5.73 Å². The minimum absolute atomic E-state index is 0. The number of hydrogen-bond donors (Lipinski definition) is 1. The van der Waals surface area contributed by atoms with Crippen molar-refractivity contribution in [2.75, 3.05) is 6.54 Å². The third-order valence-electron chi connectivity index (χ3n) is 2.50. The highest BCUT2D eigenvalue weighted by molar-refractivity contribution is 5.85. The Kier molecular flexibility index (Phi) is 7.64. The highest BCUT2D eigenvalue weighted by Gasteiger charge is 2.18. The van der Waals surface area contributed by atoms with E-state index in [1.165, 1.54) is 0 Å². The first kappa shape index (κ1) is 16.9.